The van der Waals surface area contributed by atoms with Crippen molar-refractivity contribution in [2.24, 2.45) is 13.0 Å². The van der Waals surface area contributed by atoms with Gasteiger partial charge in [-0.3, -0.25) is 4.79 Å². The van der Waals surface area contributed by atoms with Crippen LogP contribution in [0.25, 0.3) is 10.9 Å². The fraction of sp³-hybridized carbons (Fsp3) is 0.435. The van der Waals surface area contributed by atoms with Gasteiger partial charge in [0.25, 0.3) is 0 Å². The van der Waals surface area contributed by atoms with Gasteiger partial charge in [-0.15, -0.1) is 0 Å². The molecule has 2 aromatic heterocycles. The van der Waals surface area contributed by atoms with Crippen LogP contribution in [0.1, 0.15) is 28.8 Å². The van der Waals surface area contributed by atoms with Gasteiger partial charge in [-0.2, -0.15) is 0 Å². The van der Waals surface area contributed by atoms with Gasteiger partial charge in [0, 0.05) is 50.2 Å². The average Bonchev–Trinajstić information content (AvgIpc) is 3.12. The molecule has 0 radical (unpaired) electrons. The number of aromatic nitrogens is 3. The maximum absolute atomic E-state index is 10.7. The second-order valence-corrected chi connectivity index (χ2v) is 7.97. The van der Waals surface area contributed by atoms with E-state index in [0.29, 0.717) is 11.5 Å². The minimum Gasteiger partial charge on any atom is -0.497 e. The van der Waals surface area contributed by atoms with Crippen LogP contribution in [0.15, 0.2) is 36.8 Å². The van der Waals surface area contributed by atoms with Gasteiger partial charge in [-0.1, -0.05) is 0 Å². The van der Waals surface area contributed by atoms with Crippen LogP contribution in [0, 0.1) is 5.92 Å². The van der Waals surface area contributed by atoms with E-state index in [0.717, 1.165) is 63.4 Å². The third kappa shape index (κ3) is 4.46. The van der Waals surface area contributed by atoms with E-state index in [4.69, 9.17) is 4.74 Å². The van der Waals surface area contributed by atoms with Crippen LogP contribution < -0.4 is 15.0 Å². The number of methoxy groups -OCH3 is 1. The number of aryl methyl sites for hydroxylation is 1. The highest BCUT2D eigenvalue weighted by molar-refractivity contribution is 5.85. The van der Waals surface area contributed by atoms with Crippen LogP contribution in [-0.2, 0) is 13.5 Å². The van der Waals surface area contributed by atoms with Crippen molar-refractivity contribution in [2.45, 2.75) is 19.3 Å². The molecule has 158 valence electrons. The minimum absolute atomic E-state index is 0.517. The number of fused-ring (bicyclic) bond motifs is 1. The number of nitrogens with one attached hydrogen (secondary N) is 1. The summed E-state index contributed by atoms with van der Waals surface area (Å²) in [5.41, 5.74) is 3.09. The Labute approximate surface area is 177 Å². The van der Waals surface area contributed by atoms with Gasteiger partial charge in [0.2, 0.25) is 5.95 Å². The van der Waals surface area contributed by atoms with Gasteiger partial charge < -0.3 is 19.5 Å². The second kappa shape index (κ2) is 9.26. The molecule has 0 atom stereocenters. The minimum atomic E-state index is 0.517. The van der Waals surface area contributed by atoms with Gasteiger partial charge in [0.05, 0.1) is 18.2 Å². The number of hydrogen-bond donors (Lipinski definition) is 1. The van der Waals surface area contributed by atoms with Crippen molar-refractivity contribution in [3.8, 4) is 5.75 Å². The van der Waals surface area contributed by atoms with Crippen molar-refractivity contribution in [3.63, 3.8) is 0 Å². The lowest BCUT2D eigenvalue weighted by Gasteiger charge is -2.32. The van der Waals surface area contributed by atoms with Crippen molar-refractivity contribution >= 4 is 23.1 Å². The van der Waals surface area contributed by atoms with Crippen molar-refractivity contribution in [1.82, 2.24) is 19.9 Å². The molecule has 1 saturated heterocycles. The summed E-state index contributed by atoms with van der Waals surface area (Å²) in [7, 11) is 3.79. The largest absolute Gasteiger partial charge is 0.497 e. The summed E-state index contributed by atoms with van der Waals surface area (Å²) >= 11 is 0. The Hall–Kier alpha value is -2.93. The first-order valence-electron chi connectivity index (χ1n) is 10.5. The zero-order chi connectivity index (χ0) is 20.9. The molecule has 3 aromatic rings. The topological polar surface area (TPSA) is 72.3 Å². The van der Waals surface area contributed by atoms with Gasteiger partial charge in [-0.05, 0) is 56.0 Å². The molecule has 3 heterocycles. The predicted octanol–water partition coefficient (Wildman–Crippen LogP) is 2.84. The number of ether oxygens (including phenoxy) is 1. The highest BCUT2D eigenvalue weighted by Gasteiger charge is 2.20. The lowest BCUT2D eigenvalue weighted by Crippen LogP contribution is -2.38. The summed E-state index contributed by atoms with van der Waals surface area (Å²) < 4.78 is 7.52. The van der Waals surface area contributed by atoms with Crippen LogP contribution in [-0.4, -0.2) is 54.1 Å². The fourth-order valence-corrected chi connectivity index (χ4v) is 4.20. The zero-order valence-electron chi connectivity index (χ0n) is 17.7. The number of benzene rings is 1. The van der Waals surface area contributed by atoms with E-state index in [-0.39, 0.29) is 0 Å². The third-order valence-corrected chi connectivity index (χ3v) is 5.98. The number of aldehydes is 1. The molecule has 1 N–H and O–H groups in total. The fourth-order valence-electron chi connectivity index (χ4n) is 4.20. The molecule has 0 aliphatic carbocycles. The number of piperidine rings is 1. The second-order valence-electron chi connectivity index (χ2n) is 7.97. The van der Waals surface area contributed by atoms with Gasteiger partial charge in [0.15, 0.2) is 6.29 Å². The van der Waals surface area contributed by atoms with E-state index in [1.54, 1.807) is 19.5 Å². The van der Waals surface area contributed by atoms with Crippen molar-refractivity contribution in [3.05, 3.63) is 47.9 Å². The first-order valence-corrected chi connectivity index (χ1v) is 10.5. The first kappa shape index (κ1) is 20.3. The van der Waals surface area contributed by atoms with Crippen LogP contribution in [0.5, 0.6) is 5.75 Å². The van der Waals surface area contributed by atoms with Crippen molar-refractivity contribution in [1.29, 1.82) is 0 Å². The Morgan fingerprint density at radius 3 is 2.70 bits per heavy atom. The molecular weight excluding hydrogens is 378 g/mol. The molecule has 1 aliphatic heterocycles. The molecule has 1 aliphatic rings. The summed E-state index contributed by atoms with van der Waals surface area (Å²) in [4.78, 5) is 21.5. The number of nitrogens with zero attached hydrogens (tertiary/aromatic N) is 4. The first-order chi connectivity index (χ1) is 14.7. The maximum atomic E-state index is 10.7. The molecule has 0 spiro atoms. The Bertz CT molecular complexity index is 991. The Kier molecular flexibility index (Phi) is 6.28. The molecule has 0 unspecified atom stereocenters. The standard InChI is InChI=1S/C23H29N5O2/c1-27-15-19(21-4-3-20(30-2)11-22(21)27)5-8-24-12-17-6-9-28(10-7-17)23-25-13-18(16-29)14-26-23/h3-4,11,13-17,24H,5-10,12H2,1-2H3. The summed E-state index contributed by atoms with van der Waals surface area (Å²) in [6.45, 7) is 3.93. The van der Waals surface area contributed by atoms with Crippen molar-refractivity contribution in [2.75, 3.05) is 38.2 Å². The molecule has 1 fully saturated rings. The number of anilines is 1. The van der Waals surface area contributed by atoms with E-state index in [9.17, 15) is 4.79 Å². The van der Waals surface area contributed by atoms with Gasteiger partial charge >= 0.3 is 0 Å². The maximum Gasteiger partial charge on any atom is 0.225 e. The monoisotopic (exact) mass is 407 g/mol. The highest BCUT2D eigenvalue weighted by atomic mass is 16.5. The Morgan fingerprint density at radius 2 is 2.00 bits per heavy atom. The molecule has 7 heteroatoms. The molecular formula is C23H29N5O2. The average molecular weight is 408 g/mol. The van der Waals surface area contributed by atoms with E-state index in [1.807, 2.05) is 6.07 Å². The number of hydrogen-bond acceptors (Lipinski definition) is 6. The highest BCUT2D eigenvalue weighted by Crippen LogP contribution is 2.25. The zero-order valence-corrected chi connectivity index (χ0v) is 17.7. The van der Waals surface area contributed by atoms with Crippen LogP contribution in [0.3, 0.4) is 0 Å². The number of rotatable bonds is 8. The van der Waals surface area contributed by atoms with Gasteiger partial charge in [-0.25, -0.2) is 9.97 Å². The molecule has 4 rings (SSSR count). The van der Waals surface area contributed by atoms with E-state index >= 15 is 0 Å². The van der Waals surface area contributed by atoms with Gasteiger partial charge in [0.1, 0.15) is 5.75 Å². The van der Waals surface area contributed by atoms with Crippen LogP contribution in [0.2, 0.25) is 0 Å². The number of carbonyl (C=O) groups is 1. The molecule has 1 aromatic carbocycles. The molecule has 0 bridgehead atoms. The van der Waals surface area contributed by atoms with Crippen molar-refractivity contribution < 1.29 is 9.53 Å². The van der Waals surface area contributed by atoms with E-state index < -0.39 is 0 Å². The SMILES string of the molecule is COc1ccc2c(CCNCC3CCN(c4ncc(C=O)cn4)CC3)cn(C)c2c1. The Morgan fingerprint density at radius 1 is 1.23 bits per heavy atom. The lowest BCUT2D eigenvalue weighted by molar-refractivity contribution is 0.112. The summed E-state index contributed by atoms with van der Waals surface area (Å²) in [5, 5.41) is 4.95. The smallest absolute Gasteiger partial charge is 0.225 e. The van der Waals surface area contributed by atoms with E-state index in [2.05, 4.69) is 50.1 Å². The molecule has 7 nitrogen and oxygen atoms in total. The molecule has 0 amide bonds. The number of carbonyl (C=O) groups excluding carboxylic acids is 1. The summed E-state index contributed by atoms with van der Waals surface area (Å²) in [5.74, 6) is 2.29. The van der Waals surface area contributed by atoms with Crippen LogP contribution >= 0.6 is 0 Å². The predicted molar refractivity (Wildman–Crippen MR) is 118 cm³/mol. The summed E-state index contributed by atoms with van der Waals surface area (Å²) in [6, 6.07) is 6.28. The third-order valence-electron chi connectivity index (χ3n) is 5.98. The summed E-state index contributed by atoms with van der Waals surface area (Å²) in [6.07, 6.45) is 9.44. The molecule has 0 saturated carbocycles. The normalized spacial score (nSPS) is 14.9. The molecule has 30 heavy (non-hydrogen) atoms. The Balaban J connectivity index is 1.23. The quantitative estimate of drug-likeness (QED) is 0.457. The van der Waals surface area contributed by atoms with Crippen LogP contribution in [0.4, 0.5) is 5.95 Å². The lowest BCUT2D eigenvalue weighted by atomic mass is 9.97. The van der Waals surface area contributed by atoms with E-state index in [1.165, 1.54) is 16.5 Å².